The van der Waals surface area contributed by atoms with Crippen molar-refractivity contribution < 1.29 is 31.9 Å². The second-order valence-corrected chi connectivity index (χ2v) is 9.61. The van der Waals surface area contributed by atoms with E-state index in [-0.39, 0.29) is 16.2 Å². The molecule has 10 heteroatoms. The summed E-state index contributed by atoms with van der Waals surface area (Å²) in [6.07, 6.45) is 1.21. The van der Waals surface area contributed by atoms with Gasteiger partial charge in [0.15, 0.2) is 16.4 Å². The lowest BCUT2D eigenvalue weighted by Crippen LogP contribution is -2.36. The van der Waals surface area contributed by atoms with Gasteiger partial charge in [-0.25, -0.2) is 13.2 Å². The molecule has 2 aromatic carbocycles. The smallest absolute Gasteiger partial charge is 0.375 e. The molecule has 0 radical (unpaired) electrons. The normalized spacial score (nSPS) is 13.9. The molecule has 1 fully saturated rings. The Labute approximate surface area is 197 Å². The molecule has 0 unspecified atom stereocenters. The third-order valence-electron chi connectivity index (χ3n) is 5.24. The lowest BCUT2D eigenvalue weighted by Gasteiger charge is -2.28. The third-order valence-corrected chi connectivity index (χ3v) is 6.92. The highest BCUT2D eigenvalue weighted by Crippen LogP contribution is 2.21. The molecule has 2 heterocycles. The molecule has 0 atom stereocenters. The summed E-state index contributed by atoms with van der Waals surface area (Å²) in [6.45, 7) is 2.43. The van der Waals surface area contributed by atoms with Crippen molar-refractivity contribution in [3.8, 4) is 0 Å². The molecule has 1 N–H and O–H groups in total. The van der Waals surface area contributed by atoms with Gasteiger partial charge in [-0.2, -0.15) is 0 Å². The molecule has 1 amide bonds. The zero-order valence-electron chi connectivity index (χ0n) is 18.3. The first kappa shape index (κ1) is 23.5. The first-order chi connectivity index (χ1) is 16.4. The van der Waals surface area contributed by atoms with Crippen LogP contribution in [0.2, 0.25) is 0 Å². The molecule has 1 aliphatic heterocycles. The van der Waals surface area contributed by atoms with Gasteiger partial charge in [-0.1, -0.05) is 18.2 Å². The molecular weight excluding hydrogens is 460 g/mol. The molecule has 1 aliphatic rings. The van der Waals surface area contributed by atoms with E-state index in [1.165, 1.54) is 24.5 Å². The first-order valence-electron chi connectivity index (χ1n) is 10.7. The number of esters is 1. The number of hydrogen-bond donors (Lipinski definition) is 1. The molecule has 0 bridgehead atoms. The van der Waals surface area contributed by atoms with Crippen LogP contribution in [0.1, 0.15) is 16.1 Å². The average molecular weight is 485 g/mol. The van der Waals surface area contributed by atoms with Gasteiger partial charge in [-0.3, -0.25) is 4.79 Å². The molecular formula is C24H24N2O7S. The first-order valence-corrected chi connectivity index (χ1v) is 12.3. The summed E-state index contributed by atoms with van der Waals surface area (Å²) in [5.74, 6) is -2.12. The van der Waals surface area contributed by atoms with Gasteiger partial charge in [0.1, 0.15) is 0 Å². The standard InChI is InChI=1S/C24H24N2O7S/c27-22(25-19-6-8-20(9-7-19)26-11-14-31-15-12-26)16-33-24(28)23-18(10-13-32-23)17-34(29,30)21-4-2-1-3-5-21/h1-10,13H,11-12,14-17H2,(H,25,27). The van der Waals surface area contributed by atoms with E-state index in [0.717, 1.165) is 18.8 Å². The maximum Gasteiger partial charge on any atom is 0.375 e. The van der Waals surface area contributed by atoms with Crippen LogP contribution in [0.25, 0.3) is 0 Å². The fraction of sp³-hybridized carbons (Fsp3) is 0.250. The van der Waals surface area contributed by atoms with Crippen molar-refractivity contribution in [2.45, 2.75) is 10.6 Å². The van der Waals surface area contributed by atoms with E-state index < -0.39 is 34.1 Å². The fourth-order valence-electron chi connectivity index (χ4n) is 3.52. The highest BCUT2D eigenvalue weighted by Gasteiger charge is 2.24. The summed E-state index contributed by atoms with van der Waals surface area (Å²) in [4.78, 5) is 27.0. The molecule has 34 heavy (non-hydrogen) atoms. The van der Waals surface area contributed by atoms with E-state index in [0.29, 0.717) is 18.9 Å². The zero-order valence-corrected chi connectivity index (χ0v) is 19.1. The number of sulfone groups is 1. The number of morpholine rings is 1. The van der Waals surface area contributed by atoms with Crippen LogP contribution in [0, 0.1) is 0 Å². The van der Waals surface area contributed by atoms with Crippen LogP contribution in [-0.2, 0) is 29.9 Å². The predicted molar refractivity (Wildman–Crippen MR) is 124 cm³/mol. The summed E-state index contributed by atoms with van der Waals surface area (Å²) < 4.78 is 40.7. The molecule has 178 valence electrons. The van der Waals surface area contributed by atoms with Crippen molar-refractivity contribution in [1.29, 1.82) is 0 Å². The summed E-state index contributed by atoms with van der Waals surface area (Å²) in [5.41, 5.74) is 1.75. The lowest BCUT2D eigenvalue weighted by atomic mass is 10.2. The number of benzene rings is 2. The highest BCUT2D eigenvalue weighted by molar-refractivity contribution is 7.90. The number of hydrogen-bond acceptors (Lipinski definition) is 8. The number of anilines is 2. The van der Waals surface area contributed by atoms with E-state index >= 15 is 0 Å². The highest BCUT2D eigenvalue weighted by atomic mass is 32.2. The van der Waals surface area contributed by atoms with Gasteiger partial charge in [0.05, 0.1) is 30.1 Å². The van der Waals surface area contributed by atoms with Gasteiger partial charge in [0.25, 0.3) is 5.91 Å². The Morgan fingerprint density at radius 3 is 2.38 bits per heavy atom. The minimum Gasteiger partial charge on any atom is -0.457 e. The Balaban J connectivity index is 1.31. The Morgan fingerprint density at radius 1 is 0.971 bits per heavy atom. The minimum atomic E-state index is -3.68. The Bertz CT molecular complexity index is 1230. The Morgan fingerprint density at radius 2 is 1.68 bits per heavy atom. The number of nitrogens with zero attached hydrogens (tertiary/aromatic N) is 1. The topological polar surface area (TPSA) is 115 Å². The largest absolute Gasteiger partial charge is 0.457 e. The maximum absolute atomic E-state index is 12.6. The summed E-state index contributed by atoms with van der Waals surface area (Å²) in [6, 6.07) is 16.6. The minimum absolute atomic E-state index is 0.134. The molecule has 0 saturated carbocycles. The van der Waals surface area contributed by atoms with Gasteiger partial charge in [-0.05, 0) is 42.5 Å². The second kappa shape index (κ2) is 10.5. The number of carbonyl (C=O) groups is 2. The van der Waals surface area contributed by atoms with Crippen molar-refractivity contribution in [3.63, 3.8) is 0 Å². The molecule has 9 nitrogen and oxygen atoms in total. The van der Waals surface area contributed by atoms with Crippen molar-refractivity contribution in [1.82, 2.24) is 0 Å². The van der Waals surface area contributed by atoms with Gasteiger partial charge in [0.2, 0.25) is 5.76 Å². The average Bonchev–Trinajstić information content (AvgIpc) is 3.31. The number of carbonyl (C=O) groups excluding carboxylic acids is 2. The number of furan rings is 1. The lowest BCUT2D eigenvalue weighted by molar-refractivity contribution is -0.119. The van der Waals surface area contributed by atoms with E-state index in [1.807, 2.05) is 12.1 Å². The Kier molecular flexibility index (Phi) is 7.29. The summed E-state index contributed by atoms with van der Waals surface area (Å²) >= 11 is 0. The van der Waals surface area contributed by atoms with Crippen molar-refractivity contribution in [2.75, 3.05) is 43.1 Å². The van der Waals surface area contributed by atoms with E-state index in [2.05, 4.69) is 10.2 Å². The predicted octanol–water partition coefficient (Wildman–Crippen LogP) is 2.89. The van der Waals surface area contributed by atoms with E-state index in [9.17, 15) is 18.0 Å². The maximum atomic E-state index is 12.6. The Hall–Kier alpha value is -3.63. The van der Waals surface area contributed by atoms with Crippen LogP contribution in [0.5, 0.6) is 0 Å². The van der Waals surface area contributed by atoms with Gasteiger partial charge in [-0.15, -0.1) is 0 Å². The van der Waals surface area contributed by atoms with Crippen LogP contribution in [-0.4, -0.2) is 53.2 Å². The SMILES string of the molecule is O=C(COC(=O)c1occc1CS(=O)(=O)c1ccccc1)Nc1ccc(N2CCOCC2)cc1. The molecule has 0 aliphatic carbocycles. The van der Waals surface area contributed by atoms with Crippen LogP contribution < -0.4 is 10.2 Å². The molecule has 4 rings (SSSR count). The monoisotopic (exact) mass is 484 g/mol. The van der Waals surface area contributed by atoms with Crippen LogP contribution in [0.4, 0.5) is 11.4 Å². The summed E-state index contributed by atoms with van der Waals surface area (Å²) in [5, 5.41) is 2.66. The van der Waals surface area contributed by atoms with Gasteiger partial charge >= 0.3 is 5.97 Å². The van der Waals surface area contributed by atoms with Crippen LogP contribution in [0.15, 0.2) is 76.2 Å². The van der Waals surface area contributed by atoms with Crippen LogP contribution >= 0.6 is 0 Å². The van der Waals surface area contributed by atoms with Crippen molar-refractivity contribution >= 4 is 33.1 Å². The third kappa shape index (κ3) is 5.83. The molecule has 1 saturated heterocycles. The van der Waals surface area contributed by atoms with E-state index in [4.69, 9.17) is 13.9 Å². The quantitative estimate of drug-likeness (QED) is 0.486. The molecule has 1 aromatic heterocycles. The zero-order chi connectivity index (χ0) is 24.0. The number of rotatable bonds is 8. The fourth-order valence-corrected chi connectivity index (χ4v) is 4.89. The van der Waals surface area contributed by atoms with Gasteiger partial charge < -0.3 is 24.1 Å². The molecule has 0 spiro atoms. The summed E-state index contributed by atoms with van der Waals surface area (Å²) in [7, 11) is -3.68. The number of amides is 1. The molecule has 3 aromatic rings. The van der Waals surface area contributed by atoms with Gasteiger partial charge in [0, 0.05) is 30.0 Å². The second-order valence-electron chi connectivity index (χ2n) is 7.62. The number of ether oxygens (including phenoxy) is 2. The van der Waals surface area contributed by atoms with Crippen LogP contribution in [0.3, 0.4) is 0 Å². The van der Waals surface area contributed by atoms with E-state index in [1.54, 1.807) is 30.3 Å². The van der Waals surface area contributed by atoms with Crippen molar-refractivity contribution in [3.05, 3.63) is 78.3 Å². The number of nitrogens with one attached hydrogen (secondary N) is 1. The van der Waals surface area contributed by atoms with Crippen molar-refractivity contribution in [2.24, 2.45) is 0 Å².